The Labute approximate surface area is 173 Å². The van der Waals surface area contributed by atoms with Crippen LogP contribution in [0.4, 0.5) is 0 Å². The number of aromatic nitrogens is 1. The zero-order valence-electron chi connectivity index (χ0n) is 18.2. The first-order chi connectivity index (χ1) is 13.9. The number of benzene rings is 1. The molecule has 0 atom stereocenters. The van der Waals surface area contributed by atoms with Crippen LogP contribution in [-0.2, 0) is 23.2 Å². The number of aliphatic imine (C=N–C) groups is 1. The van der Waals surface area contributed by atoms with Crippen molar-refractivity contribution in [1.82, 2.24) is 15.6 Å². The molecule has 0 bridgehead atoms. The molecule has 1 heterocycles. The van der Waals surface area contributed by atoms with Crippen LogP contribution in [-0.4, -0.2) is 37.8 Å². The lowest BCUT2D eigenvalue weighted by Crippen LogP contribution is -2.38. The van der Waals surface area contributed by atoms with Crippen LogP contribution in [0, 0.1) is 0 Å². The number of nitrogens with one attached hydrogen (secondary N) is 2. The van der Waals surface area contributed by atoms with Crippen molar-refractivity contribution in [2.75, 3.05) is 26.9 Å². The highest BCUT2D eigenvalue weighted by Crippen LogP contribution is 2.22. The molecule has 0 fully saturated rings. The molecule has 7 heteroatoms. The number of ether oxygens (including phenoxy) is 2. The molecule has 0 radical (unpaired) electrons. The third-order valence-electron chi connectivity index (χ3n) is 4.24. The van der Waals surface area contributed by atoms with Crippen molar-refractivity contribution < 1.29 is 13.9 Å². The Bertz CT molecular complexity index is 748. The van der Waals surface area contributed by atoms with Gasteiger partial charge in [-0.15, -0.1) is 0 Å². The number of methoxy groups -OCH3 is 1. The standard InChI is InChI=1S/C22H34N4O3/c1-6-28-13-7-12-23-21(25-14-17-8-10-18(27-5)11-9-17)26-16-20-24-15-19(29-20)22(2,3)4/h8-11,15H,6-7,12-14,16H2,1-5H3,(H2,23,25,26). The largest absolute Gasteiger partial charge is 0.497 e. The molecule has 2 aromatic rings. The van der Waals surface area contributed by atoms with Crippen molar-refractivity contribution in [3.63, 3.8) is 0 Å². The van der Waals surface area contributed by atoms with Gasteiger partial charge in [-0.3, -0.25) is 0 Å². The molecule has 0 spiro atoms. The van der Waals surface area contributed by atoms with E-state index >= 15 is 0 Å². The Morgan fingerprint density at radius 2 is 1.93 bits per heavy atom. The van der Waals surface area contributed by atoms with Gasteiger partial charge in [-0.1, -0.05) is 32.9 Å². The van der Waals surface area contributed by atoms with Gasteiger partial charge in [0.25, 0.3) is 0 Å². The second-order valence-electron chi connectivity index (χ2n) is 7.71. The van der Waals surface area contributed by atoms with Crippen LogP contribution >= 0.6 is 0 Å². The summed E-state index contributed by atoms with van der Waals surface area (Å²) in [7, 11) is 1.66. The van der Waals surface area contributed by atoms with Crippen molar-refractivity contribution in [1.29, 1.82) is 0 Å². The summed E-state index contributed by atoms with van der Waals surface area (Å²) in [5.41, 5.74) is 1.04. The van der Waals surface area contributed by atoms with E-state index < -0.39 is 0 Å². The van der Waals surface area contributed by atoms with Gasteiger partial charge in [0.15, 0.2) is 5.96 Å². The van der Waals surface area contributed by atoms with Crippen LogP contribution in [0.15, 0.2) is 39.9 Å². The van der Waals surface area contributed by atoms with E-state index in [1.54, 1.807) is 13.3 Å². The highest BCUT2D eigenvalue weighted by molar-refractivity contribution is 5.79. The van der Waals surface area contributed by atoms with Gasteiger partial charge in [-0.25, -0.2) is 9.98 Å². The van der Waals surface area contributed by atoms with Crippen LogP contribution in [0.2, 0.25) is 0 Å². The predicted octanol–water partition coefficient (Wildman–Crippen LogP) is 3.64. The Hall–Kier alpha value is -2.54. The molecule has 0 amide bonds. The molecule has 1 aromatic carbocycles. The van der Waals surface area contributed by atoms with Crippen LogP contribution in [0.5, 0.6) is 5.75 Å². The first kappa shape index (κ1) is 22.7. The van der Waals surface area contributed by atoms with E-state index in [4.69, 9.17) is 13.9 Å². The summed E-state index contributed by atoms with van der Waals surface area (Å²) in [5.74, 6) is 3.07. The smallest absolute Gasteiger partial charge is 0.213 e. The zero-order valence-corrected chi connectivity index (χ0v) is 18.2. The number of hydrogen-bond acceptors (Lipinski definition) is 5. The molecule has 0 aliphatic carbocycles. The Balaban J connectivity index is 1.96. The Kier molecular flexibility index (Phi) is 8.99. The van der Waals surface area contributed by atoms with Crippen molar-refractivity contribution in [3.8, 4) is 5.75 Å². The molecule has 0 saturated carbocycles. The monoisotopic (exact) mass is 402 g/mol. The lowest BCUT2D eigenvalue weighted by Gasteiger charge is -2.14. The minimum Gasteiger partial charge on any atom is -0.497 e. The van der Waals surface area contributed by atoms with E-state index in [1.165, 1.54) is 0 Å². The van der Waals surface area contributed by atoms with Crippen LogP contribution in [0.3, 0.4) is 0 Å². The number of rotatable bonds is 10. The second kappa shape index (κ2) is 11.5. The number of guanidine groups is 1. The van der Waals surface area contributed by atoms with E-state index in [1.807, 2.05) is 31.2 Å². The minimum atomic E-state index is -0.0614. The van der Waals surface area contributed by atoms with Crippen molar-refractivity contribution in [2.24, 2.45) is 4.99 Å². The number of hydrogen-bond donors (Lipinski definition) is 2. The fourth-order valence-electron chi connectivity index (χ4n) is 2.50. The van der Waals surface area contributed by atoms with Crippen molar-refractivity contribution in [2.45, 2.75) is 52.6 Å². The molecule has 29 heavy (non-hydrogen) atoms. The molecule has 2 rings (SSSR count). The zero-order chi connectivity index (χ0) is 21.1. The van der Waals surface area contributed by atoms with E-state index in [2.05, 4.69) is 41.4 Å². The normalized spacial score (nSPS) is 12.1. The molecule has 160 valence electrons. The van der Waals surface area contributed by atoms with Gasteiger partial charge in [0.05, 0.1) is 26.4 Å². The molecular formula is C22H34N4O3. The molecule has 2 N–H and O–H groups in total. The molecule has 0 saturated heterocycles. The minimum absolute atomic E-state index is 0.0614. The van der Waals surface area contributed by atoms with Crippen molar-refractivity contribution >= 4 is 5.96 Å². The summed E-state index contributed by atoms with van der Waals surface area (Å²) in [6, 6.07) is 7.90. The summed E-state index contributed by atoms with van der Waals surface area (Å²) in [5, 5.41) is 6.65. The Morgan fingerprint density at radius 1 is 1.17 bits per heavy atom. The fourth-order valence-corrected chi connectivity index (χ4v) is 2.50. The highest BCUT2D eigenvalue weighted by Gasteiger charge is 2.19. The van der Waals surface area contributed by atoms with Gasteiger partial charge in [-0.2, -0.15) is 0 Å². The summed E-state index contributed by atoms with van der Waals surface area (Å²) in [6.07, 6.45) is 2.70. The maximum Gasteiger partial charge on any atom is 0.213 e. The summed E-state index contributed by atoms with van der Waals surface area (Å²) in [4.78, 5) is 9.05. The summed E-state index contributed by atoms with van der Waals surface area (Å²) < 4.78 is 16.5. The predicted molar refractivity (Wildman–Crippen MR) is 115 cm³/mol. The van der Waals surface area contributed by atoms with Gasteiger partial charge >= 0.3 is 0 Å². The fraction of sp³-hybridized carbons (Fsp3) is 0.545. The third-order valence-corrected chi connectivity index (χ3v) is 4.24. The van der Waals surface area contributed by atoms with E-state index in [-0.39, 0.29) is 5.41 Å². The quantitative estimate of drug-likeness (QED) is 0.359. The van der Waals surface area contributed by atoms with E-state index in [9.17, 15) is 0 Å². The van der Waals surface area contributed by atoms with Crippen LogP contribution in [0.1, 0.15) is 51.3 Å². The first-order valence-electron chi connectivity index (χ1n) is 10.1. The SMILES string of the molecule is CCOCCCNC(=NCc1ccc(OC)cc1)NCc1ncc(C(C)(C)C)o1. The topological polar surface area (TPSA) is 80.9 Å². The first-order valence-corrected chi connectivity index (χ1v) is 10.1. The van der Waals surface area contributed by atoms with E-state index in [0.29, 0.717) is 24.9 Å². The average Bonchev–Trinajstić information content (AvgIpc) is 3.19. The average molecular weight is 403 g/mol. The maximum absolute atomic E-state index is 5.85. The van der Waals surface area contributed by atoms with Crippen LogP contribution < -0.4 is 15.4 Å². The van der Waals surface area contributed by atoms with Crippen LogP contribution in [0.25, 0.3) is 0 Å². The lowest BCUT2D eigenvalue weighted by molar-refractivity contribution is 0.145. The van der Waals surface area contributed by atoms with Gasteiger partial charge < -0.3 is 24.5 Å². The third kappa shape index (κ3) is 8.15. The molecule has 0 unspecified atom stereocenters. The number of oxazole rings is 1. The molecule has 7 nitrogen and oxygen atoms in total. The molecule has 0 aliphatic heterocycles. The van der Waals surface area contributed by atoms with Gasteiger partial charge in [0.1, 0.15) is 11.5 Å². The second-order valence-corrected chi connectivity index (χ2v) is 7.71. The summed E-state index contributed by atoms with van der Waals surface area (Å²) in [6.45, 7) is 11.6. The van der Waals surface area contributed by atoms with Gasteiger partial charge in [-0.05, 0) is 31.0 Å². The Morgan fingerprint density at radius 3 is 2.55 bits per heavy atom. The lowest BCUT2D eigenvalue weighted by atomic mass is 9.94. The van der Waals surface area contributed by atoms with Gasteiger partial charge in [0.2, 0.25) is 5.89 Å². The van der Waals surface area contributed by atoms with Gasteiger partial charge in [0, 0.05) is 25.2 Å². The highest BCUT2D eigenvalue weighted by atomic mass is 16.5. The molecule has 1 aromatic heterocycles. The van der Waals surface area contributed by atoms with Crippen molar-refractivity contribution in [3.05, 3.63) is 47.7 Å². The summed E-state index contributed by atoms with van der Waals surface area (Å²) >= 11 is 0. The number of nitrogens with zero attached hydrogens (tertiary/aromatic N) is 2. The maximum atomic E-state index is 5.85. The molecular weight excluding hydrogens is 368 g/mol. The van der Waals surface area contributed by atoms with E-state index in [0.717, 1.165) is 43.3 Å². The molecule has 0 aliphatic rings.